The van der Waals surface area contributed by atoms with E-state index in [1.54, 1.807) is 60.7 Å². The number of anilines is 1. The van der Waals surface area contributed by atoms with Gasteiger partial charge < -0.3 is 19.5 Å². The van der Waals surface area contributed by atoms with Crippen LogP contribution >= 0.6 is 0 Å². The fraction of sp³-hybridized carbons (Fsp3) is 0.320. The lowest BCUT2D eigenvalue weighted by molar-refractivity contribution is 0.0496. The van der Waals surface area contributed by atoms with Crippen molar-refractivity contribution in [2.45, 2.75) is 39.0 Å². The van der Waals surface area contributed by atoms with Gasteiger partial charge in [-0.1, -0.05) is 23.4 Å². The molecule has 1 fully saturated rings. The second-order valence-corrected chi connectivity index (χ2v) is 9.66. The summed E-state index contributed by atoms with van der Waals surface area (Å²) in [5.41, 5.74) is 1.25. The van der Waals surface area contributed by atoms with Crippen molar-refractivity contribution in [3.05, 3.63) is 66.1 Å². The molecular weight excluding hydrogens is 484 g/mol. The molecule has 0 unspecified atom stereocenters. The zero-order chi connectivity index (χ0) is 26.2. The van der Waals surface area contributed by atoms with Crippen molar-refractivity contribution < 1.29 is 22.8 Å². The van der Waals surface area contributed by atoms with Gasteiger partial charge in [-0.05, 0) is 32.9 Å². The predicted octanol–water partition coefficient (Wildman–Crippen LogP) is 4.03. The van der Waals surface area contributed by atoms with Gasteiger partial charge in [0.2, 0.25) is 0 Å². The summed E-state index contributed by atoms with van der Waals surface area (Å²) in [7, 11) is 0. The summed E-state index contributed by atoms with van der Waals surface area (Å²) >= 11 is 0. The first kappa shape index (κ1) is 24.3. The Morgan fingerprint density at radius 3 is 2.65 bits per heavy atom. The van der Waals surface area contributed by atoms with Crippen molar-refractivity contribution in [1.29, 1.82) is 0 Å². The summed E-state index contributed by atoms with van der Waals surface area (Å²) in [6, 6.07) is 9.55. The highest BCUT2D eigenvalue weighted by molar-refractivity contribution is 5.69. The minimum Gasteiger partial charge on any atom is -0.444 e. The van der Waals surface area contributed by atoms with E-state index in [0.29, 0.717) is 35.7 Å². The Bertz CT molecular complexity index is 1410. The van der Waals surface area contributed by atoms with Gasteiger partial charge >= 0.3 is 6.09 Å². The maximum atomic E-state index is 14.6. The molecule has 1 aliphatic heterocycles. The van der Waals surface area contributed by atoms with Crippen molar-refractivity contribution in [2.24, 2.45) is 0 Å². The highest BCUT2D eigenvalue weighted by atomic mass is 19.1. The monoisotopic (exact) mass is 509 g/mol. The first-order valence-electron chi connectivity index (χ1n) is 11.7. The zero-order valence-corrected chi connectivity index (χ0v) is 20.5. The van der Waals surface area contributed by atoms with Gasteiger partial charge in [0, 0.05) is 24.7 Å². The van der Waals surface area contributed by atoms with E-state index in [0.717, 1.165) is 6.20 Å². The number of amides is 1. The SMILES string of the molecule is CC(C)(C)OC(=O)NC1CN(c2nc(-c3cc(-c4ccon4)n(Cc4ccccc4F)n3)ncc2F)C1. The van der Waals surface area contributed by atoms with E-state index in [2.05, 4.69) is 25.5 Å². The molecule has 0 radical (unpaired) electrons. The molecule has 1 aliphatic rings. The quantitative estimate of drug-likeness (QED) is 0.415. The molecule has 0 atom stereocenters. The number of hydrogen-bond donors (Lipinski definition) is 1. The largest absolute Gasteiger partial charge is 0.444 e. The molecule has 1 saturated heterocycles. The van der Waals surface area contributed by atoms with Crippen LogP contribution in [0.2, 0.25) is 0 Å². The number of hydrogen-bond acceptors (Lipinski definition) is 8. The Kier molecular flexibility index (Phi) is 6.32. The van der Waals surface area contributed by atoms with Crippen LogP contribution < -0.4 is 10.2 Å². The Morgan fingerprint density at radius 2 is 1.95 bits per heavy atom. The van der Waals surface area contributed by atoms with E-state index in [1.165, 1.54) is 12.3 Å². The molecule has 0 spiro atoms. The summed E-state index contributed by atoms with van der Waals surface area (Å²) in [6.07, 6.45) is 1.98. The molecule has 0 saturated carbocycles. The number of halogens is 2. The van der Waals surface area contributed by atoms with E-state index in [4.69, 9.17) is 9.26 Å². The van der Waals surface area contributed by atoms with Crippen molar-refractivity contribution in [1.82, 2.24) is 30.2 Å². The summed E-state index contributed by atoms with van der Waals surface area (Å²) < 4.78 is 40.8. The van der Waals surface area contributed by atoms with Crippen LogP contribution in [0.25, 0.3) is 22.9 Å². The van der Waals surface area contributed by atoms with Crippen LogP contribution in [-0.4, -0.2) is 55.7 Å². The minimum absolute atomic E-state index is 0.0962. The molecule has 12 heteroatoms. The predicted molar refractivity (Wildman–Crippen MR) is 130 cm³/mol. The Balaban J connectivity index is 1.37. The highest BCUT2D eigenvalue weighted by Gasteiger charge is 2.33. The number of carbonyl (C=O) groups excluding carboxylic acids is 1. The third-order valence-electron chi connectivity index (χ3n) is 5.61. The minimum atomic E-state index is -0.609. The van der Waals surface area contributed by atoms with Crippen molar-refractivity contribution >= 4 is 11.9 Å². The van der Waals surface area contributed by atoms with Gasteiger partial charge in [0.25, 0.3) is 0 Å². The second kappa shape index (κ2) is 9.60. The molecule has 5 rings (SSSR count). The number of ether oxygens (including phenoxy) is 1. The van der Waals surface area contributed by atoms with Gasteiger partial charge in [-0.15, -0.1) is 0 Å². The van der Waals surface area contributed by atoms with Crippen molar-refractivity contribution in [3.8, 4) is 22.9 Å². The first-order valence-corrected chi connectivity index (χ1v) is 11.7. The lowest BCUT2D eigenvalue weighted by Crippen LogP contribution is -2.60. The number of alkyl carbamates (subject to hydrolysis) is 1. The molecule has 37 heavy (non-hydrogen) atoms. The summed E-state index contributed by atoms with van der Waals surface area (Å²) in [5.74, 6) is -0.670. The number of rotatable bonds is 6. The molecule has 3 aromatic heterocycles. The molecular formula is C25H25F2N7O3. The van der Waals surface area contributed by atoms with E-state index < -0.39 is 17.5 Å². The molecule has 1 amide bonds. The van der Waals surface area contributed by atoms with Gasteiger partial charge in [0.05, 0.1) is 24.5 Å². The van der Waals surface area contributed by atoms with E-state index in [9.17, 15) is 13.6 Å². The van der Waals surface area contributed by atoms with Gasteiger partial charge in [-0.2, -0.15) is 5.10 Å². The molecule has 0 aliphatic carbocycles. The summed E-state index contributed by atoms with van der Waals surface area (Å²) in [5, 5.41) is 11.3. The van der Waals surface area contributed by atoms with Gasteiger partial charge in [-0.25, -0.2) is 23.5 Å². The molecule has 192 valence electrons. The van der Waals surface area contributed by atoms with E-state index in [1.807, 2.05) is 0 Å². The molecule has 4 aromatic rings. The van der Waals surface area contributed by atoms with Crippen LogP contribution in [0.4, 0.5) is 19.4 Å². The standard InChI is InChI=1S/C25H25F2N7O3/c1-25(2,3)37-24(35)29-16-13-33(14-16)23-18(27)11-28-22(30-23)20-10-21(19-8-9-36-32-19)34(31-20)12-15-6-4-5-7-17(15)26/h4-11,16H,12-14H2,1-3H3,(H,29,35). The fourth-order valence-corrected chi connectivity index (χ4v) is 3.91. The molecule has 4 heterocycles. The van der Waals surface area contributed by atoms with Gasteiger partial charge in [0.15, 0.2) is 17.5 Å². The maximum Gasteiger partial charge on any atom is 0.407 e. The number of carbonyl (C=O) groups is 1. The summed E-state index contributed by atoms with van der Waals surface area (Å²) in [6.45, 7) is 6.19. The van der Waals surface area contributed by atoms with Gasteiger partial charge in [-0.3, -0.25) is 4.68 Å². The normalized spacial score (nSPS) is 13.9. The van der Waals surface area contributed by atoms with Crippen LogP contribution in [0, 0.1) is 11.6 Å². The zero-order valence-electron chi connectivity index (χ0n) is 20.5. The first-order chi connectivity index (χ1) is 17.7. The average molecular weight is 510 g/mol. The number of nitrogens with zero attached hydrogens (tertiary/aromatic N) is 6. The second-order valence-electron chi connectivity index (χ2n) is 9.66. The highest BCUT2D eigenvalue weighted by Crippen LogP contribution is 2.28. The summed E-state index contributed by atoms with van der Waals surface area (Å²) in [4.78, 5) is 22.2. The number of aromatic nitrogens is 5. The van der Waals surface area contributed by atoms with E-state index >= 15 is 0 Å². The third kappa shape index (κ3) is 5.42. The Hall–Kier alpha value is -4.35. The van der Waals surface area contributed by atoms with E-state index in [-0.39, 0.29) is 30.0 Å². The van der Waals surface area contributed by atoms with Crippen LogP contribution in [0.3, 0.4) is 0 Å². The van der Waals surface area contributed by atoms with Crippen LogP contribution in [0.15, 0.2) is 53.4 Å². The lowest BCUT2D eigenvalue weighted by Gasteiger charge is -2.40. The average Bonchev–Trinajstić information content (AvgIpc) is 3.47. The van der Waals surface area contributed by atoms with Crippen LogP contribution in [0.1, 0.15) is 26.3 Å². The van der Waals surface area contributed by atoms with Crippen molar-refractivity contribution in [2.75, 3.05) is 18.0 Å². The topological polar surface area (TPSA) is 111 Å². The van der Waals surface area contributed by atoms with Crippen molar-refractivity contribution in [3.63, 3.8) is 0 Å². The van der Waals surface area contributed by atoms with Crippen LogP contribution in [-0.2, 0) is 11.3 Å². The molecule has 0 bridgehead atoms. The molecule has 10 nitrogen and oxygen atoms in total. The number of nitrogens with one attached hydrogen (secondary N) is 1. The molecule has 1 aromatic carbocycles. The van der Waals surface area contributed by atoms with Crippen LogP contribution in [0.5, 0.6) is 0 Å². The van der Waals surface area contributed by atoms with Gasteiger partial charge in [0.1, 0.15) is 29.1 Å². The maximum absolute atomic E-state index is 14.6. The fourth-order valence-electron chi connectivity index (χ4n) is 3.91. The third-order valence-corrected chi connectivity index (χ3v) is 5.61. The Morgan fingerprint density at radius 1 is 1.16 bits per heavy atom. The molecule has 1 N–H and O–H groups in total. The smallest absolute Gasteiger partial charge is 0.407 e. The number of benzene rings is 1. The Labute approximate surface area is 211 Å². The lowest BCUT2D eigenvalue weighted by atomic mass is 10.1.